The van der Waals surface area contributed by atoms with E-state index >= 15 is 0 Å². The molecular weight excluding hydrogens is 216 g/mol. The van der Waals surface area contributed by atoms with Crippen molar-refractivity contribution in [2.45, 2.75) is 25.8 Å². The third-order valence-electron chi connectivity index (χ3n) is 3.37. The van der Waals surface area contributed by atoms with Gasteiger partial charge in [0.05, 0.1) is 6.26 Å². The van der Waals surface area contributed by atoms with Gasteiger partial charge in [-0.25, -0.2) is 0 Å². The first-order chi connectivity index (χ1) is 8.22. The highest BCUT2D eigenvalue weighted by molar-refractivity contribution is 5.91. The van der Waals surface area contributed by atoms with E-state index in [9.17, 15) is 4.79 Å². The Morgan fingerprint density at radius 1 is 1.53 bits per heavy atom. The second-order valence-corrected chi connectivity index (χ2v) is 4.65. The van der Waals surface area contributed by atoms with Crippen molar-refractivity contribution in [3.05, 3.63) is 24.2 Å². The zero-order valence-corrected chi connectivity index (χ0v) is 10.6. The van der Waals surface area contributed by atoms with Crippen LogP contribution < -0.4 is 0 Å². The highest BCUT2D eigenvalue weighted by Crippen LogP contribution is 2.16. The maximum absolute atomic E-state index is 12.3. The second-order valence-electron chi connectivity index (χ2n) is 4.65. The van der Waals surface area contributed by atoms with Crippen molar-refractivity contribution in [3.8, 4) is 0 Å². The minimum atomic E-state index is 0.0251. The Hall–Kier alpha value is -1.29. The Morgan fingerprint density at radius 3 is 3.00 bits per heavy atom. The number of likely N-dealkylation sites (N-methyl/N-ethyl adjacent to an activating group) is 1. The van der Waals surface area contributed by atoms with E-state index in [1.807, 2.05) is 4.90 Å². The number of hydrogen-bond donors (Lipinski definition) is 0. The van der Waals surface area contributed by atoms with Gasteiger partial charge in [-0.2, -0.15) is 0 Å². The van der Waals surface area contributed by atoms with Gasteiger partial charge >= 0.3 is 0 Å². The molecule has 1 amide bonds. The second kappa shape index (κ2) is 5.36. The highest BCUT2D eigenvalue weighted by Gasteiger charge is 2.27. The van der Waals surface area contributed by atoms with Gasteiger partial charge in [0.15, 0.2) is 5.76 Å². The molecule has 1 atom stereocenters. The summed E-state index contributed by atoms with van der Waals surface area (Å²) in [4.78, 5) is 16.6. The van der Waals surface area contributed by atoms with Crippen molar-refractivity contribution >= 4 is 5.91 Å². The lowest BCUT2D eigenvalue weighted by Gasteiger charge is -2.29. The van der Waals surface area contributed by atoms with E-state index in [4.69, 9.17) is 4.42 Å². The van der Waals surface area contributed by atoms with Crippen LogP contribution in [0.1, 0.15) is 30.3 Å². The first-order valence-corrected chi connectivity index (χ1v) is 6.25. The Balaban J connectivity index is 2.14. The van der Waals surface area contributed by atoms with E-state index in [0.717, 1.165) is 32.5 Å². The van der Waals surface area contributed by atoms with E-state index in [1.54, 1.807) is 18.4 Å². The average molecular weight is 236 g/mol. The van der Waals surface area contributed by atoms with E-state index in [1.165, 1.54) is 0 Å². The van der Waals surface area contributed by atoms with Gasteiger partial charge < -0.3 is 14.2 Å². The minimum Gasteiger partial charge on any atom is -0.459 e. The third kappa shape index (κ3) is 2.69. The van der Waals surface area contributed by atoms with Gasteiger partial charge in [0.2, 0.25) is 0 Å². The Morgan fingerprint density at radius 2 is 2.35 bits per heavy atom. The molecule has 2 heterocycles. The van der Waals surface area contributed by atoms with Gasteiger partial charge in [0.1, 0.15) is 0 Å². The largest absolute Gasteiger partial charge is 0.459 e. The van der Waals surface area contributed by atoms with Crippen LogP contribution in [0.3, 0.4) is 0 Å². The molecule has 1 aromatic heterocycles. The van der Waals surface area contributed by atoms with Crippen LogP contribution >= 0.6 is 0 Å². The van der Waals surface area contributed by atoms with Gasteiger partial charge in [-0.1, -0.05) is 6.92 Å². The predicted octanol–water partition coefficient (Wildman–Crippen LogP) is 1.84. The fraction of sp³-hybridized carbons (Fsp3) is 0.615. The van der Waals surface area contributed by atoms with Crippen LogP contribution in [0.4, 0.5) is 0 Å². The summed E-state index contributed by atoms with van der Waals surface area (Å²) in [6.45, 7) is 4.95. The molecule has 1 fully saturated rings. The molecule has 0 spiro atoms. The molecule has 1 saturated heterocycles. The van der Waals surface area contributed by atoms with Crippen molar-refractivity contribution in [1.82, 2.24) is 9.80 Å². The van der Waals surface area contributed by atoms with E-state index < -0.39 is 0 Å². The van der Waals surface area contributed by atoms with E-state index in [2.05, 4.69) is 18.9 Å². The smallest absolute Gasteiger partial charge is 0.289 e. The van der Waals surface area contributed by atoms with E-state index in [0.29, 0.717) is 11.8 Å². The Labute approximate surface area is 102 Å². The molecule has 4 heteroatoms. The number of hydrogen-bond acceptors (Lipinski definition) is 3. The van der Waals surface area contributed by atoms with Crippen LogP contribution in [0.2, 0.25) is 0 Å². The summed E-state index contributed by atoms with van der Waals surface area (Å²) >= 11 is 0. The van der Waals surface area contributed by atoms with Crippen LogP contribution in [0.25, 0.3) is 0 Å². The van der Waals surface area contributed by atoms with Gasteiger partial charge in [0, 0.05) is 19.1 Å². The fourth-order valence-electron chi connectivity index (χ4n) is 2.40. The molecule has 17 heavy (non-hydrogen) atoms. The van der Waals surface area contributed by atoms with Gasteiger partial charge in [-0.15, -0.1) is 0 Å². The van der Waals surface area contributed by atoms with Crippen LogP contribution in [0.15, 0.2) is 22.8 Å². The SMILES string of the molecule is CCC1CN(C)CCCN1C(=O)c1ccco1. The quantitative estimate of drug-likeness (QED) is 0.786. The van der Waals surface area contributed by atoms with Crippen molar-refractivity contribution in [2.75, 3.05) is 26.7 Å². The van der Waals surface area contributed by atoms with E-state index in [-0.39, 0.29) is 5.91 Å². The van der Waals surface area contributed by atoms with Crippen molar-refractivity contribution in [2.24, 2.45) is 0 Å². The van der Waals surface area contributed by atoms with Gasteiger partial charge in [-0.3, -0.25) is 4.79 Å². The van der Waals surface area contributed by atoms with Crippen LogP contribution in [-0.4, -0.2) is 48.4 Å². The summed E-state index contributed by atoms with van der Waals surface area (Å²) < 4.78 is 5.20. The molecule has 0 bridgehead atoms. The predicted molar refractivity (Wildman–Crippen MR) is 65.9 cm³/mol. The standard InChI is InChI=1S/C13H20N2O2/c1-3-11-10-14(2)7-5-8-15(11)13(16)12-6-4-9-17-12/h4,6,9,11H,3,5,7-8,10H2,1-2H3. The molecule has 0 aliphatic carbocycles. The number of amides is 1. The maximum Gasteiger partial charge on any atom is 0.289 e. The molecular formula is C13H20N2O2. The van der Waals surface area contributed by atoms with Crippen LogP contribution in [0.5, 0.6) is 0 Å². The first kappa shape index (κ1) is 12.2. The number of carbonyl (C=O) groups excluding carboxylic acids is 1. The number of rotatable bonds is 2. The highest BCUT2D eigenvalue weighted by atomic mass is 16.3. The summed E-state index contributed by atoms with van der Waals surface area (Å²) in [5.41, 5.74) is 0. The molecule has 94 valence electrons. The van der Waals surface area contributed by atoms with Crippen molar-refractivity contribution < 1.29 is 9.21 Å². The Bertz CT molecular complexity index is 362. The summed E-state index contributed by atoms with van der Waals surface area (Å²) in [6.07, 6.45) is 3.56. The number of carbonyl (C=O) groups is 1. The molecule has 0 radical (unpaired) electrons. The lowest BCUT2D eigenvalue weighted by molar-refractivity contribution is 0.0643. The molecule has 4 nitrogen and oxygen atoms in total. The fourth-order valence-corrected chi connectivity index (χ4v) is 2.40. The molecule has 1 aliphatic rings. The lowest BCUT2D eigenvalue weighted by Crippen LogP contribution is -2.43. The van der Waals surface area contributed by atoms with Crippen LogP contribution in [-0.2, 0) is 0 Å². The molecule has 1 aromatic rings. The first-order valence-electron chi connectivity index (χ1n) is 6.25. The summed E-state index contributed by atoms with van der Waals surface area (Å²) in [7, 11) is 2.11. The average Bonchev–Trinajstić information content (AvgIpc) is 2.78. The third-order valence-corrected chi connectivity index (χ3v) is 3.37. The van der Waals surface area contributed by atoms with Crippen LogP contribution in [0, 0.1) is 0 Å². The molecule has 0 aromatic carbocycles. The zero-order chi connectivity index (χ0) is 12.3. The van der Waals surface area contributed by atoms with Gasteiger partial charge in [0.25, 0.3) is 5.91 Å². The molecule has 0 saturated carbocycles. The molecule has 0 N–H and O–H groups in total. The topological polar surface area (TPSA) is 36.7 Å². The molecule has 1 aliphatic heterocycles. The summed E-state index contributed by atoms with van der Waals surface area (Å²) in [6, 6.07) is 3.79. The van der Waals surface area contributed by atoms with Gasteiger partial charge in [-0.05, 0) is 38.6 Å². The zero-order valence-electron chi connectivity index (χ0n) is 10.6. The molecule has 1 unspecified atom stereocenters. The monoisotopic (exact) mass is 236 g/mol. The maximum atomic E-state index is 12.3. The number of nitrogens with zero attached hydrogens (tertiary/aromatic N) is 2. The van der Waals surface area contributed by atoms with Crippen molar-refractivity contribution in [3.63, 3.8) is 0 Å². The van der Waals surface area contributed by atoms with Crippen molar-refractivity contribution in [1.29, 1.82) is 0 Å². The summed E-state index contributed by atoms with van der Waals surface area (Å²) in [5.74, 6) is 0.477. The normalized spacial score (nSPS) is 22.5. The number of furan rings is 1. The lowest BCUT2D eigenvalue weighted by atomic mass is 10.1. The Kier molecular flexibility index (Phi) is 3.84. The molecule has 2 rings (SSSR count). The minimum absolute atomic E-state index is 0.0251. The summed E-state index contributed by atoms with van der Waals surface area (Å²) in [5, 5.41) is 0.